The molecule has 0 unspecified atom stereocenters. The minimum absolute atomic E-state index is 0.236. The smallest absolute Gasteiger partial charge is 0.191 e. The number of hydrogen-bond donors (Lipinski definition) is 1. The van der Waals surface area contributed by atoms with Crippen LogP contribution >= 0.6 is 11.8 Å². The van der Waals surface area contributed by atoms with E-state index < -0.39 is 0 Å². The maximum atomic E-state index is 13.2. The van der Waals surface area contributed by atoms with Gasteiger partial charge in [0.25, 0.3) is 0 Å². The third-order valence-electron chi connectivity index (χ3n) is 3.82. The largest absolute Gasteiger partial charge is 0.326 e. The number of aryl methyl sites for hydroxylation is 1. The van der Waals surface area contributed by atoms with Gasteiger partial charge in [0.05, 0.1) is 0 Å². The molecule has 0 aliphatic carbocycles. The molecule has 1 aromatic carbocycles. The fourth-order valence-corrected chi connectivity index (χ4v) is 3.65. The Morgan fingerprint density at radius 3 is 2.95 bits per heavy atom. The number of hydrogen-bond acceptors (Lipinski definition) is 4. The number of rotatable bonds is 4. The van der Waals surface area contributed by atoms with E-state index in [1.807, 2.05) is 6.07 Å². The lowest BCUT2D eigenvalue weighted by Crippen LogP contribution is -2.04. The van der Waals surface area contributed by atoms with Gasteiger partial charge >= 0.3 is 0 Å². The maximum Gasteiger partial charge on any atom is 0.191 e. The van der Waals surface area contributed by atoms with Gasteiger partial charge in [-0.3, -0.25) is 0 Å². The first-order chi connectivity index (χ1) is 10.3. The highest BCUT2D eigenvalue weighted by Crippen LogP contribution is 2.26. The molecule has 0 amide bonds. The second-order valence-corrected chi connectivity index (χ2v) is 6.21. The Balaban J connectivity index is 1.75. The van der Waals surface area contributed by atoms with E-state index in [1.54, 1.807) is 11.8 Å². The topological polar surface area (TPSA) is 56.7 Å². The summed E-state index contributed by atoms with van der Waals surface area (Å²) in [5, 5.41) is 9.55. The van der Waals surface area contributed by atoms with E-state index in [1.165, 1.54) is 31.4 Å². The standard InChI is InChI=1S/C15H19FN4S/c16-13-6-5-11(12(8-13)9-17)10-21-15-19-18-14-4-2-1-3-7-20(14)15/h5-6,8H,1-4,7,9-10,17H2. The van der Waals surface area contributed by atoms with Crippen LogP contribution in [0.5, 0.6) is 0 Å². The van der Waals surface area contributed by atoms with E-state index in [9.17, 15) is 4.39 Å². The number of aromatic nitrogens is 3. The molecule has 1 aliphatic heterocycles. The van der Waals surface area contributed by atoms with Gasteiger partial charge < -0.3 is 10.3 Å². The highest BCUT2D eigenvalue weighted by atomic mass is 32.2. The second-order valence-electron chi connectivity index (χ2n) is 5.27. The summed E-state index contributed by atoms with van der Waals surface area (Å²) >= 11 is 1.65. The van der Waals surface area contributed by atoms with Crippen molar-refractivity contribution in [2.75, 3.05) is 0 Å². The zero-order valence-corrected chi connectivity index (χ0v) is 12.7. The average molecular weight is 306 g/mol. The van der Waals surface area contributed by atoms with Gasteiger partial charge in [-0.25, -0.2) is 4.39 Å². The first-order valence-electron chi connectivity index (χ1n) is 7.30. The summed E-state index contributed by atoms with van der Waals surface area (Å²) in [7, 11) is 0. The number of thioether (sulfide) groups is 1. The predicted molar refractivity (Wildman–Crippen MR) is 81.4 cm³/mol. The molecule has 0 bridgehead atoms. The summed E-state index contributed by atoms with van der Waals surface area (Å²) in [6, 6.07) is 4.81. The van der Waals surface area contributed by atoms with Crippen LogP contribution in [0.15, 0.2) is 23.4 Å². The van der Waals surface area contributed by atoms with Crippen LogP contribution in [0.1, 0.15) is 36.2 Å². The number of halogens is 1. The first-order valence-corrected chi connectivity index (χ1v) is 8.28. The van der Waals surface area contributed by atoms with Crippen LogP contribution in [-0.2, 0) is 25.3 Å². The van der Waals surface area contributed by atoms with Crippen LogP contribution in [0.25, 0.3) is 0 Å². The highest BCUT2D eigenvalue weighted by molar-refractivity contribution is 7.98. The van der Waals surface area contributed by atoms with E-state index in [0.29, 0.717) is 6.54 Å². The Hall–Kier alpha value is -1.40. The highest BCUT2D eigenvalue weighted by Gasteiger charge is 2.15. The number of nitrogens with two attached hydrogens (primary N) is 1. The van der Waals surface area contributed by atoms with Crippen LogP contribution in [-0.4, -0.2) is 14.8 Å². The Morgan fingerprint density at radius 1 is 1.19 bits per heavy atom. The van der Waals surface area contributed by atoms with E-state index in [2.05, 4.69) is 14.8 Å². The Labute approximate surface area is 127 Å². The number of nitrogens with zero attached hydrogens (tertiary/aromatic N) is 3. The summed E-state index contributed by atoms with van der Waals surface area (Å²) in [6.07, 6.45) is 4.64. The average Bonchev–Trinajstić information content (AvgIpc) is 2.73. The van der Waals surface area contributed by atoms with Crippen molar-refractivity contribution in [3.63, 3.8) is 0 Å². The fourth-order valence-electron chi connectivity index (χ4n) is 2.63. The van der Waals surface area contributed by atoms with Crippen molar-refractivity contribution >= 4 is 11.8 Å². The zero-order valence-electron chi connectivity index (χ0n) is 11.9. The van der Waals surface area contributed by atoms with Gasteiger partial charge in [0, 0.05) is 25.3 Å². The van der Waals surface area contributed by atoms with Crippen LogP contribution in [0.2, 0.25) is 0 Å². The second kappa shape index (κ2) is 6.58. The molecule has 21 heavy (non-hydrogen) atoms. The van der Waals surface area contributed by atoms with Crippen molar-refractivity contribution in [2.45, 2.75) is 49.7 Å². The Kier molecular flexibility index (Phi) is 4.55. The molecule has 0 fully saturated rings. The first kappa shape index (κ1) is 14.5. The Morgan fingerprint density at radius 2 is 2.10 bits per heavy atom. The number of fused-ring (bicyclic) bond motifs is 1. The molecule has 2 aromatic rings. The molecular formula is C15H19FN4S. The summed E-state index contributed by atoms with van der Waals surface area (Å²) < 4.78 is 15.5. The lowest BCUT2D eigenvalue weighted by molar-refractivity contribution is 0.591. The van der Waals surface area contributed by atoms with Gasteiger partial charge in [0.1, 0.15) is 11.6 Å². The van der Waals surface area contributed by atoms with Gasteiger partial charge in [-0.2, -0.15) is 0 Å². The van der Waals surface area contributed by atoms with Crippen molar-refractivity contribution in [3.8, 4) is 0 Å². The van der Waals surface area contributed by atoms with E-state index in [0.717, 1.165) is 40.8 Å². The lowest BCUT2D eigenvalue weighted by Gasteiger charge is -2.09. The molecule has 0 saturated carbocycles. The summed E-state index contributed by atoms with van der Waals surface area (Å²) in [6.45, 7) is 1.35. The summed E-state index contributed by atoms with van der Waals surface area (Å²) in [5.41, 5.74) is 7.61. The molecule has 0 saturated heterocycles. The molecule has 0 radical (unpaired) electrons. The van der Waals surface area contributed by atoms with E-state index in [4.69, 9.17) is 5.73 Å². The molecule has 3 rings (SSSR count). The maximum absolute atomic E-state index is 13.2. The zero-order chi connectivity index (χ0) is 14.7. The van der Waals surface area contributed by atoms with Crippen LogP contribution in [0, 0.1) is 5.82 Å². The molecule has 2 heterocycles. The van der Waals surface area contributed by atoms with Gasteiger partial charge in [0.15, 0.2) is 5.16 Å². The minimum atomic E-state index is -0.236. The SMILES string of the molecule is NCc1cc(F)ccc1CSc1nnc2n1CCCCC2. The van der Waals surface area contributed by atoms with Crippen molar-refractivity contribution in [3.05, 3.63) is 41.0 Å². The van der Waals surface area contributed by atoms with E-state index in [-0.39, 0.29) is 5.82 Å². The van der Waals surface area contributed by atoms with Crippen LogP contribution < -0.4 is 5.73 Å². The third-order valence-corrected chi connectivity index (χ3v) is 4.84. The van der Waals surface area contributed by atoms with Gasteiger partial charge in [-0.05, 0) is 36.1 Å². The summed E-state index contributed by atoms with van der Waals surface area (Å²) in [4.78, 5) is 0. The van der Waals surface area contributed by atoms with Gasteiger partial charge in [-0.15, -0.1) is 10.2 Å². The summed E-state index contributed by atoms with van der Waals surface area (Å²) in [5.74, 6) is 1.60. The monoisotopic (exact) mass is 306 g/mol. The lowest BCUT2D eigenvalue weighted by atomic mass is 10.1. The molecule has 2 N–H and O–H groups in total. The quantitative estimate of drug-likeness (QED) is 0.883. The van der Waals surface area contributed by atoms with E-state index >= 15 is 0 Å². The van der Waals surface area contributed by atoms with Crippen molar-refractivity contribution in [1.29, 1.82) is 0 Å². The molecule has 1 aliphatic rings. The minimum Gasteiger partial charge on any atom is -0.326 e. The molecular weight excluding hydrogens is 287 g/mol. The van der Waals surface area contributed by atoms with Gasteiger partial charge in [-0.1, -0.05) is 24.2 Å². The van der Waals surface area contributed by atoms with Crippen LogP contribution in [0.4, 0.5) is 4.39 Å². The predicted octanol–water partition coefficient (Wildman–Crippen LogP) is 2.89. The molecule has 0 spiro atoms. The van der Waals surface area contributed by atoms with Crippen molar-refractivity contribution in [1.82, 2.24) is 14.8 Å². The molecule has 4 nitrogen and oxygen atoms in total. The number of benzene rings is 1. The third kappa shape index (κ3) is 3.27. The molecule has 112 valence electrons. The molecule has 0 atom stereocenters. The molecule has 1 aromatic heterocycles. The van der Waals surface area contributed by atoms with Gasteiger partial charge in [0.2, 0.25) is 0 Å². The van der Waals surface area contributed by atoms with Crippen molar-refractivity contribution in [2.24, 2.45) is 5.73 Å². The van der Waals surface area contributed by atoms with Crippen LogP contribution in [0.3, 0.4) is 0 Å². The van der Waals surface area contributed by atoms with Crippen molar-refractivity contribution < 1.29 is 4.39 Å². The Bertz CT molecular complexity index is 626. The normalized spacial score (nSPS) is 14.8. The molecule has 6 heteroatoms. The fraction of sp³-hybridized carbons (Fsp3) is 0.467.